The minimum atomic E-state index is -0.269. The summed E-state index contributed by atoms with van der Waals surface area (Å²) < 4.78 is 7.39. The molecule has 1 heterocycles. The van der Waals surface area contributed by atoms with Crippen molar-refractivity contribution < 1.29 is 9.53 Å². The van der Waals surface area contributed by atoms with Crippen LogP contribution in [0, 0.1) is 0 Å². The maximum Gasteiger partial charge on any atom is 0.337 e. The molecule has 1 fully saturated rings. The summed E-state index contributed by atoms with van der Waals surface area (Å²) in [5.41, 5.74) is 3.06. The average molecular weight is 321 g/mol. The molecule has 4 rings (SSSR count). The van der Waals surface area contributed by atoms with Crippen LogP contribution in [0.15, 0.2) is 42.5 Å². The molecule has 0 bridgehead atoms. The second kappa shape index (κ2) is 6.31. The highest BCUT2D eigenvalue weighted by atomic mass is 16.5. The fourth-order valence-corrected chi connectivity index (χ4v) is 4.15. The molecule has 0 saturated heterocycles. The number of ether oxygens (including phenoxy) is 1. The molecule has 0 aliphatic heterocycles. The van der Waals surface area contributed by atoms with E-state index in [0.717, 1.165) is 5.52 Å². The maximum atomic E-state index is 12.0. The van der Waals surface area contributed by atoms with Gasteiger partial charge in [-0.15, -0.1) is 0 Å². The van der Waals surface area contributed by atoms with Gasteiger partial charge in [0.1, 0.15) is 0 Å². The third-order valence-corrected chi connectivity index (χ3v) is 5.32. The third kappa shape index (κ3) is 2.48. The van der Waals surface area contributed by atoms with Crippen molar-refractivity contribution in [2.24, 2.45) is 0 Å². The number of esters is 1. The zero-order valence-corrected chi connectivity index (χ0v) is 14.1. The van der Waals surface area contributed by atoms with Crippen LogP contribution in [0.25, 0.3) is 21.8 Å². The predicted octanol–water partition coefficient (Wildman–Crippen LogP) is 5.48. The number of aromatic nitrogens is 1. The maximum absolute atomic E-state index is 12.0. The Labute approximate surface area is 142 Å². The van der Waals surface area contributed by atoms with Gasteiger partial charge in [0.15, 0.2) is 0 Å². The van der Waals surface area contributed by atoms with Crippen LogP contribution in [0.4, 0.5) is 0 Å². The van der Waals surface area contributed by atoms with Gasteiger partial charge in [-0.3, -0.25) is 0 Å². The molecule has 24 heavy (non-hydrogen) atoms. The number of nitrogens with zero attached hydrogens (tertiary/aromatic N) is 1. The molecule has 1 aliphatic rings. The highest BCUT2D eigenvalue weighted by Gasteiger charge is 2.20. The van der Waals surface area contributed by atoms with Crippen molar-refractivity contribution in [3.05, 3.63) is 48.0 Å². The first kappa shape index (κ1) is 15.3. The fourth-order valence-electron chi connectivity index (χ4n) is 4.15. The molecule has 0 spiro atoms. The molecule has 124 valence electrons. The smallest absolute Gasteiger partial charge is 0.337 e. The van der Waals surface area contributed by atoms with Crippen LogP contribution in [-0.4, -0.2) is 17.6 Å². The number of hydrogen-bond acceptors (Lipinski definition) is 2. The van der Waals surface area contributed by atoms with E-state index in [1.165, 1.54) is 61.9 Å². The third-order valence-electron chi connectivity index (χ3n) is 5.32. The van der Waals surface area contributed by atoms with Crippen LogP contribution >= 0.6 is 0 Å². The Hall–Kier alpha value is -2.29. The number of para-hydroxylation sites is 1. The van der Waals surface area contributed by atoms with E-state index in [-0.39, 0.29) is 5.97 Å². The van der Waals surface area contributed by atoms with E-state index < -0.39 is 0 Å². The number of fused-ring (bicyclic) bond motifs is 3. The normalized spacial score (nSPS) is 16.4. The van der Waals surface area contributed by atoms with E-state index in [2.05, 4.69) is 34.9 Å². The van der Waals surface area contributed by atoms with Gasteiger partial charge in [-0.05, 0) is 31.0 Å². The molecule has 0 radical (unpaired) electrons. The van der Waals surface area contributed by atoms with Crippen molar-refractivity contribution in [2.45, 2.75) is 44.6 Å². The van der Waals surface area contributed by atoms with Crippen molar-refractivity contribution in [3.8, 4) is 0 Å². The molecule has 0 atom stereocenters. The fraction of sp³-hybridized carbons (Fsp3) is 0.381. The average Bonchev–Trinajstić information content (AvgIpc) is 2.77. The number of methoxy groups -OCH3 is 1. The van der Waals surface area contributed by atoms with E-state index in [1.807, 2.05) is 12.1 Å². The number of carbonyl (C=O) groups is 1. The van der Waals surface area contributed by atoms with Crippen molar-refractivity contribution in [1.29, 1.82) is 0 Å². The summed E-state index contributed by atoms with van der Waals surface area (Å²) in [5, 5.41) is 2.50. The van der Waals surface area contributed by atoms with E-state index in [4.69, 9.17) is 4.74 Å². The van der Waals surface area contributed by atoms with Gasteiger partial charge in [-0.1, -0.05) is 49.9 Å². The van der Waals surface area contributed by atoms with Crippen LogP contribution in [-0.2, 0) is 4.74 Å². The topological polar surface area (TPSA) is 31.2 Å². The SMILES string of the molecule is COC(=O)c1ccc2c3ccccc3n(C3CCCCCC3)c2c1. The Morgan fingerprint density at radius 2 is 1.67 bits per heavy atom. The standard InChI is InChI=1S/C21H23NO2/c1-24-21(23)15-12-13-18-17-10-6-7-11-19(17)22(20(18)14-15)16-8-4-2-3-5-9-16/h6-7,10-14,16H,2-5,8-9H2,1H3. The zero-order chi connectivity index (χ0) is 16.5. The van der Waals surface area contributed by atoms with E-state index >= 15 is 0 Å². The van der Waals surface area contributed by atoms with Crippen LogP contribution in [0.3, 0.4) is 0 Å². The number of carbonyl (C=O) groups excluding carboxylic acids is 1. The molecule has 3 nitrogen and oxygen atoms in total. The van der Waals surface area contributed by atoms with Crippen LogP contribution in [0.2, 0.25) is 0 Å². The Bertz CT molecular complexity index is 885. The number of benzene rings is 2. The lowest BCUT2D eigenvalue weighted by molar-refractivity contribution is 0.0601. The van der Waals surface area contributed by atoms with Gasteiger partial charge in [0, 0.05) is 22.3 Å². The van der Waals surface area contributed by atoms with Crippen LogP contribution < -0.4 is 0 Å². The zero-order valence-electron chi connectivity index (χ0n) is 14.1. The van der Waals surface area contributed by atoms with Crippen molar-refractivity contribution in [3.63, 3.8) is 0 Å². The Kier molecular flexibility index (Phi) is 4.01. The second-order valence-corrected chi connectivity index (χ2v) is 6.76. The molecule has 2 aromatic carbocycles. The highest BCUT2D eigenvalue weighted by molar-refractivity contribution is 6.09. The molecule has 1 aromatic heterocycles. The van der Waals surface area contributed by atoms with Crippen LogP contribution in [0.5, 0.6) is 0 Å². The Balaban J connectivity index is 1.97. The summed E-state index contributed by atoms with van der Waals surface area (Å²) in [6.07, 6.45) is 7.68. The van der Waals surface area contributed by atoms with Crippen molar-refractivity contribution in [1.82, 2.24) is 4.57 Å². The van der Waals surface area contributed by atoms with Gasteiger partial charge < -0.3 is 9.30 Å². The largest absolute Gasteiger partial charge is 0.465 e. The molecule has 1 saturated carbocycles. The van der Waals surface area contributed by atoms with Crippen LogP contribution in [0.1, 0.15) is 54.9 Å². The molecule has 0 unspecified atom stereocenters. The predicted molar refractivity (Wildman–Crippen MR) is 97.5 cm³/mol. The van der Waals surface area contributed by atoms with Crippen molar-refractivity contribution >= 4 is 27.8 Å². The molecular weight excluding hydrogens is 298 g/mol. The summed E-state index contributed by atoms with van der Waals surface area (Å²) in [6.45, 7) is 0. The molecule has 0 amide bonds. The first-order valence-electron chi connectivity index (χ1n) is 8.90. The summed E-state index contributed by atoms with van der Waals surface area (Å²) in [7, 11) is 1.44. The summed E-state index contributed by atoms with van der Waals surface area (Å²) in [4.78, 5) is 12.0. The van der Waals surface area contributed by atoms with E-state index in [9.17, 15) is 4.79 Å². The Morgan fingerprint density at radius 3 is 2.42 bits per heavy atom. The first-order valence-corrected chi connectivity index (χ1v) is 8.90. The lowest BCUT2D eigenvalue weighted by Crippen LogP contribution is -2.08. The molecule has 1 aliphatic carbocycles. The second-order valence-electron chi connectivity index (χ2n) is 6.76. The van der Waals surface area contributed by atoms with Gasteiger partial charge in [-0.2, -0.15) is 0 Å². The summed E-state index contributed by atoms with van der Waals surface area (Å²) in [6, 6.07) is 15.0. The Morgan fingerprint density at radius 1 is 0.958 bits per heavy atom. The minimum absolute atomic E-state index is 0.269. The molecular formula is C21H23NO2. The number of hydrogen-bond donors (Lipinski definition) is 0. The van der Waals surface area contributed by atoms with E-state index in [1.54, 1.807) is 0 Å². The van der Waals surface area contributed by atoms with Gasteiger partial charge >= 0.3 is 5.97 Å². The highest BCUT2D eigenvalue weighted by Crippen LogP contribution is 2.37. The molecule has 3 aromatic rings. The summed E-state index contributed by atoms with van der Waals surface area (Å²) >= 11 is 0. The van der Waals surface area contributed by atoms with E-state index in [0.29, 0.717) is 11.6 Å². The number of rotatable bonds is 2. The van der Waals surface area contributed by atoms with Gasteiger partial charge in [0.25, 0.3) is 0 Å². The monoisotopic (exact) mass is 321 g/mol. The minimum Gasteiger partial charge on any atom is -0.465 e. The van der Waals surface area contributed by atoms with Gasteiger partial charge in [-0.25, -0.2) is 4.79 Å². The lowest BCUT2D eigenvalue weighted by Gasteiger charge is -2.19. The quantitative estimate of drug-likeness (QED) is 0.462. The van der Waals surface area contributed by atoms with Crippen molar-refractivity contribution in [2.75, 3.05) is 7.11 Å². The molecule has 0 N–H and O–H groups in total. The summed E-state index contributed by atoms with van der Waals surface area (Å²) in [5.74, 6) is -0.269. The first-order chi connectivity index (χ1) is 11.8. The lowest BCUT2D eigenvalue weighted by atomic mass is 10.1. The molecule has 3 heteroatoms. The van der Waals surface area contributed by atoms with Gasteiger partial charge in [0.05, 0.1) is 18.2 Å². The van der Waals surface area contributed by atoms with Gasteiger partial charge in [0.2, 0.25) is 0 Å².